The van der Waals surface area contributed by atoms with E-state index in [1.165, 1.54) is 77.7 Å². The highest BCUT2D eigenvalue weighted by Gasteiger charge is 2.42. The zero-order chi connectivity index (χ0) is 11.7. The molecule has 1 unspecified atom stereocenters. The molecule has 2 saturated heterocycles. The van der Waals surface area contributed by atoms with Crippen molar-refractivity contribution in [3.05, 3.63) is 0 Å². The van der Waals surface area contributed by atoms with Gasteiger partial charge in [0.15, 0.2) is 0 Å². The summed E-state index contributed by atoms with van der Waals surface area (Å²) in [5, 5.41) is 0. The third-order valence-electron chi connectivity index (χ3n) is 5.39. The second-order valence-electron chi connectivity index (χ2n) is 6.98. The minimum Gasteiger partial charge on any atom is -0.306 e. The van der Waals surface area contributed by atoms with E-state index in [9.17, 15) is 0 Å². The van der Waals surface area contributed by atoms with E-state index in [0.29, 0.717) is 5.41 Å². The molecule has 1 spiro atoms. The summed E-state index contributed by atoms with van der Waals surface area (Å²) in [6.45, 7) is 6.87. The smallest absolute Gasteiger partial charge is 0.00513 e. The van der Waals surface area contributed by atoms with Gasteiger partial charge in [-0.3, -0.25) is 0 Å². The lowest BCUT2D eigenvalue weighted by atomic mass is 9.86. The Hall–Kier alpha value is -0.0800. The Morgan fingerprint density at radius 1 is 1.00 bits per heavy atom. The van der Waals surface area contributed by atoms with Crippen molar-refractivity contribution in [2.45, 2.75) is 44.9 Å². The fourth-order valence-corrected chi connectivity index (χ4v) is 4.41. The predicted molar refractivity (Wildman–Crippen MR) is 72.2 cm³/mol. The fraction of sp³-hybridized carbons (Fsp3) is 1.00. The summed E-state index contributed by atoms with van der Waals surface area (Å²) < 4.78 is 0. The van der Waals surface area contributed by atoms with Crippen LogP contribution in [-0.2, 0) is 0 Å². The maximum atomic E-state index is 2.79. The maximum absolute atomic E-state index is 2.79. The van der Waals surface area contributed by atoms with Gasteiger partial charge in [0.25, 0.3) is 0 Å². The zero-order valence-electron chi connectivity index (χ0n) is 11.5. The summed E-state index contributed by atoms with van der Waals surface area (Å²) in [5.74, 6) is 1.03. The van der Waals surface area contributed by atoms with Crippen molar-refractivity contribution in [1.82, 2.24) is 9.80 Å². The summed E-state index contributed by atoms with van der Waals surface area (Å²) in [5.41, 5.74) is 0.684. The molecule has 0 aromatic rings. The van der Waals surface area contributed by atoms with Crippen molar-refractivity contribution in [3.63, 3.8) is 0 Å². The van der Waals surface area contributed by atoms with Crippen LogP contribution >= 0.6 is 0 Å². The van der Waals surface area contributed by atoms with E-state index in [4.69, 9.17) is 0 Å². The van der Waals surface area contributed by atoms with E-state index in [1.54, 1.807) is 0 Å². The highest BCUT2D eigenvalue weighted by Crippen LogP contribution is 2.39. The predicted octanol–water partition coefficient (Wildman–Crippen LogP) is 2.59. The minimum absolute atomic E-state index is 0.684. The van der Waals surface area contributed by atoms with Gasteiger partial charge in [-0.25, -0.2) is 0 Å². The van der Waals surface area contributed by atoms with Crippen molar-refractivity contribution in [2.24, 2.45) is 11.3 Å². The molecule has 2 heteroatoms. The molecule has 0 aromatic heterocycles. The lowest BCUT2D eigenvalue weighted by Gasteiger charge is -2.28. The third-order valence-corrected chi connectivity index (χ3v) is 5.39. The van der Waals surface area contributed by atoms with Crippen molar-refractivity contribution in [2.75, 3.05) is 39.8 Å². The molecule has 0 amide bonds. The van der Waals surface area contributed by atoms with Gasteiger partial charge in [-0.15, -0.1) is 0 Å². The lowest BCUT2D eigenvalue weighted by molar-refractivity contribution is 0.205. The first kappa shape index (κ1) is 12.0. The average molecular weight is 236 g/mol. The normalized spacial score (nSPS) is 37.2. The van der Waals surface area contributed by atoms with E-state index in [2.05, 4.69) is 16.8 Å². The molecule has 1 aliphatic carbocycles. The monoisotopic (exact) mass is 236 g/mol. The molecular weight excluding hydrogens is 208 g/mol. The van der Waals surface area contributed by atoms with Gasteiger partial charge in [-0.1, -0.05) is 19.3 Å². The molecule has 3 aliphatic rings. The first-order valence-electron chi connectivity index (χ1n) is 7.67. The Morgan fingerprint density at radius 2 is 1.76 bits per heavy atom. The van der Waals surface area contributed by atoms with Gasteiger partial charge in [0, 0.05) is 19.6 Å². The quantitative estimate of drug-likeness (QED) is 0.727. The summed E-state index contributed by atoms with van der Waals surface area (Å²) in [6.07, 6.45) is 10.4. The molecule has 0 aromatic carbocycles. The highest BCUT2D eigenvalue weighted by atomic mass is 15.2. The van der Waals surface area contributed by atoms with Gasteiger partial charge in [-0.2, -0.15) is 0 Å². The van der Waals surface area contributed by atoms with Crippen molar-refractivity contribution >= 4 is 0 Å². The average Bonchev–Trinajstić information content (AvgIpc) is 2.88. The van der Waals surface area contributed by atoms with Crippen molar-refractivity contribution in [1.29, 1.82) is 0 Å². The second-order valence-corrected chi connectivity index (χ2v) is 6.98. The van der Waals surface area contributed by atoms with Crippen molar-refractivity contribution < 1.29 is 0 Å². The fourth-order valence-electron chi connectivity index (χ4n) is 4.41. The van der Waals surface area contributed by atoms with E-state index < -0.39 is 0 Å². The number of hydrogen-bond donors (Lipinski definition) is 0. The van der Waals surface area contributed by atoms with Crippen LogP contribution in [0.4, 0.5) is 0 Å². The molecule has 2 nitrogen and oxygen atoms in total. The standard InChI is InChI=1S/C15H28N2/c1-16-9-7-15(12-16)8-10-17(13-15)11-14-5-3-2-4-6-14/h14H,2-13H2,1H3. The summed E-state index contributed by atoms with van der Waals surface area (Å²) in [7, 11) is 2.29. The molecule has 0 bridgehead atoms. The highest BCUT2D eigenvalue weighted by molar-refractivity contribution is 4.96. The van der Waals surface area contributed by atoms with Crippen LogP contribution in [-0.4, -0.2) is 49.6 Å². The van der Waals surface area contributed by atoms with Crippen LogP contribution in [0.1, 0.15) is 44.9 Å². The van der Waals surface area contributed by atoms with Crippen LogP contribution in [0.25, 0.3) is 0 Å². The van der Waals surface area contributed by atoms with Gasteiger partial charge >= 0.3 is 0 Å². The van der Waals surface area contributed by atoms with E-state index in [0.717, 1.165) is 5.92 Å². The molecule has 2 heterocycles. The van der Waals surface area contributed by atoms with Crippen LogP contribution < -0.4 is 0 Å². The molecule has 0 N–H and O–H groups in total. The van der Waals surface area contributed by atoms with E-state index >= 15 is 0 Å². The molecular formula is C15H28N2. The number of nitrogens with zero attached hydrogens (tertiary/aromatic N) is 2. The summed E-state index contributed by atoms with van der Waals surface area (Å²) in [6, 6.07) is 0. The lowest BCUT2D eigenvalue weighted by Crippen LogP contribution is -2.33. The second kappa shape index (κ2) is 4.89. The van der Waals surface area contributed by atoms with Crippen LogP contribution in [0.15, 0.2) is 0 Å². The van der Waals surface area contributed by atoms with Crippen LogP contribution in [0.2, 0.25) is 0 Å². The van der Waals surface area contributed by atoms with Crippen molar-refractivity contribution in [3.8, 4) is 0 Å². The van der Waals surface area contributed by atoms with Crippen LogP contribution in [0.5, 0.6) is 0 Å². The molecule has 2 aliphatic heterocycles. The van der Waals surface area contributed by atoms with E-state index in [1.807, 2.05) is 0 Å². The SMILES string of the molecule is CN1CCC2(CCN(CC3CCCCC3)C2)C1. The maximum Gasteiger partial charge on any atom is 0.00513 e. The molecule has 17 heavy (non-hydrogen) atoms. The topological polar surface area (TPSA) is 6.48 Å². The van der Waals surface area contributed by atoms with Crippen LogP contribution in [0, 0.1) is 11.3 Å². The minimum atomic E-state index is 0.684. The summed E-state index contributed by atoms with van der Waals surface area (Å²) in [4.78, 5) is 5.32. The Bertz CT molecular complexity index is 260. The van der Waals surface area contributed by atoms with Gasteiger partial charge in [0.05, 0.1) is 0 Å². The molecule has 98 valence electrons. The largest absolute Gasteiger partial charge is 0.306 e. The van der Waals surface area contributed by atoms with Gasteiger partial charge < -0.3 is 9.80 Å². The Balaban J connectivity index is 1.50. The molecule has 1 atom stereocenters. The first-order chi connectivity index (χ1) is 8.26. The number of rotatable bonds is 2. The third kappa shape index (κ3) is 2.68. The Morgan fingerprint density at radius 3 is 2.47 bits per heavy atom. The summed E-state index contributed by atoms with van der Waals surface area (Å²) >= 11 is 0. The van der Waals surface area contributed by atoms with E-state index in [-0.39, 0.29) is 0 Å². The molecule has 0 radical (unpaired) electrons. The number of likely N-dealkylation sites (tertiary alicyclic amines) is 2. The van der Waals surface area contributed by atoms with Crippen LogP contribution in [0.3, 0.4) is 0 Å². The first-order valence-corrected chi connectivity index (χ1v) is 7.67. The van der Waals surface area contributed by atoms with Gasteiger partial charge in [0.2, 0.25) is 0 Å². The molecule has 1 saturated carbocycles. The Kier molecular flexibility index (Phi) is 3.45. The van der Waals surface area contributed by atoms with Gasteiger partial charge in [-0.05, 0) is 57.2 Å². The zero-order valence-corrected chi connectivity index (χ0v) is 11.5. The Labute approximate surface area is 106 Å². The number of hydrogen-bond acceptors (Lipinski definition) is 2. The molecule has 3 rings (SSSR count). The van der Waals surface area contributed by atoms with Gasteiger partial charge in [0.1, 0.15) is 0 Å². The molecule has 3 fully saturated rings.